The van der Waals surface area contributed by atoms with Crippen molar-refractivity contribution in [2.45, 2.75) is 58.0 Å². The fourth-order valence-electron chi connectivity index (χ4n) is 6.06. The second-order valence-electron chi connectivity index (χ2n) is 9.07. The number of piperidine rings is 1. The van der Waals surface area contributed by atoms with Crippen molar-refractivity contribution in [1.29, 1.82) is 0 Å². The maximum absolute atomic E-state index is 10.3. The fraction of sp³-hybridized carbons (Fsp3) is 0.905. The average molecular weight is 352 g/mol. The molecule has 0 bridgehead atoms. The summed E-state index contributed by atoms with van der Waals surface area (Å²) in [6.45, 7) is 10.5. The molecule has 4 heteroatoms. The topological polar surface area (TPSA) is 63.9 Å². The Hall–Kier alpha value is -0.420. The lowest BCUT2D eigenvalue weighted by atomic mass is 9.50. The maximum atomic E-state index is 10.3. The van der Waals surface area contributed by atoms with Crippen LogP contribution in [0.5, 0.6) is 0 Å². The molecule has 0 aromatic heterocycles. The second-order valence-corrected chi connectivity index (χ2v) is 9.07. The summed E-state index contributed by atoms with van der Waals surface area (Å²) in [5, 5.41) is 29.5. The fourth-order valence-corrected chi connectivity index (χ4v) is 6.06. The molecule has 0 spiro atoms. The molecule has 25 heavy (non-hydrogen) atoms. The largest absolute Gasteiger partial charge is 0.396 e. The van der Waals surface area contributed by atoms with Crippen LogP contribution < -0.4 is 0 Å². The summed E-state index contributed by atoms with van der Waals surface area (Å²) in [6, 6.07) is 0. The van der Waals surface area contributed by atoms with Gasteiger partial charge in [0.15, 0.2) is 0 Å². The predicted octanol–water partition coefficient (Wildman–Crippen LogP) is 2.43. The minimum atomic E-state index is -0.340. The Morgan fingerprint density at radius 1 is 1.12 bits per heavy atom. The van der Waals surface area contributed by atoms with Crippen LogP contribution in [-0.2, 0) is 0 Å². The third-order valence-electron chi connectivity index (χ3n) is 7.81. The third-order valence-corrected chi connectivity index (χ3v) is 7.81. The molecule has 0 amide bonds. The lowest BCUT2D eigenvalue weighted by Crippen LogP contribution is -2.52. The van der Waals surface area contributed by atoms with E-state index < -0.39 is 0 Å². The summed E-state index contributed by atoms with van der Waals surface area (Å²) < 4.78 is 0. The van der Waals surface area contributed by atoms with Crippen LogP contribution in [0.2, 0.25) is 0 Å². The van der Waals surface area contributed by atoms with E-state index in [0.717, 1.165) is 64.6 Å². The van der Waals surface area contributed by atoms with Crippen LogP contribution in [-0.4, -0.2) is 59.2 Å². The zero-order chi connectivity index (χ0) is 18.0. The monoisotopic (exact) mass is 351 g/mol. The van der Waals surface area contributed by atoms with Crippen LogP contribution in [0.15, 0.2) is 12.2 Å². The van der Waals surface area contributed by atoms with Crippen molar-refractivity contribution in [3.8, 4) is 0 Å². The molecule has 1 heterocycles. The van der Waals surface area contributed by atoms with Gasteiger partial charge in [0.05, 0.1) is 6.10 Å². The van der Waals surface area contributed by atoms with Gasteiger partial charge in [0.1, 0.15) is 0 Å². The molecule has 2 unspecified atom stereocenters. The number of hydrogen-bond acceptors (Lipinski definition) is 4. The van der Waals surface area contributed by atoms with Crippen molar-refractivity contribution in [3.63, 3.8) is 0 Å². The average Bonchev–Trinajstić information content (AvgIpc) is 2.62. The lowest BCUT2D eigenvalue weighted by molar-refractivity contribution is -0.0957. The van der Waals surface area contributed by atoms with Crippen molar-refractivity contribution in [1.82, 2.24) is 4.90 Å². The highest BCUT2D eigenvalue weighted by Gasteiger charge is 2.52. The SMILES string of the molecule is C=C1CCC2C(CO)[C@H](O)CC[C@@]2(C)[C@@H]1CCN1CCC(CO)CC1. The van der Waals surface area contributed by atoms with Crippen molar-refractivity contribution in [2.75, 3.05) is 32.8 Å². The van der Waals surface area contributed by atoms with E-state index in [4.69, 9.17) is 0 Å². The van der Waals surface area contributed by atoms with Gasteiger partial charge in [0.25, 0.3) is 0 Å². The summed E-state index contributed by atoms with van der Waals surface area (Å²) in [5.74, 6) is 1.45. The lowest BCUT2D eigenvalue weighted by Gasteiger charge is -2.56. The Bertz CT molecular complexity index is 460. The molecule has 144 valence electrons. The van der Waals surface area contributed by atoms with E-state index in [9.17, 15) is 15.3 Å². The van der Waals surface area contributed by atoms with Gasteiger partial charge in [-0.15, -0.1) is 0 Å². The minimum absolute atomic E-state index is 0.0367. The van der Waals surface area contributed by atoms with Crippen LogP contribution in [0.4, 0.5) is 0 Å². The first kappa shape index (κ1) is 19.3. The molecule has 0 aromatic carbocycles. The predicted molar refractivity (Wildman–Crippen MR) is 100 cm³/mol. The Morgan fingerprint density at radius 2 is 1.84 bits per heavy atom. The van der Waals surface area contributed by atoms with E-state index in [0.29, 0.717) is 24.4 Å². The molecule has 1 aliphatic heterocycles. The smallest absolute Gasteiger partial charge is 0.0593 e. The number of aliphatic hydroxyl groups excluding tert-OH is 3. The first-order valence-electron chi connectivity index (χ1n) is 10.3. The van der Waals surface area contributed by atoms with Gasteiger partial charge >= 0.3 is 0 Å². The van der Waals surface area contributed by atoms with Gasteiger partial charge in [-0.3, -0.25) is 0 Å². The van der Waals surface area contributed by atoms with E-state index in [-0.39, 0.29) is 24.0 Å². The quantitative estimate of drug-likeness (QED) is 0.666. The van der Waals surface area contributed by atoms with E-state index in [1.54, 1.807) is 0 Å². The Labute approximate surface area is 152 Å². The zero-order valence-corrected chi connectivity index (χ0v) is 15.9. The minimum Gasteiger partial charge on any atom is -0.396 e. The van der Waals surface area contributed by atoms with Crippen molar-refractivity contribution >= 4 is 0 Å². The van der Waals surface area contributed by atoms with Gasteiger partial charge in [-0.25, -0.2) is 0 Å². The molecule has 0 radical (unpaired) electrons. The molecule has 0 aromatic rings. The van der Waals surface area contributed by atoms with Gasteiger partial charge in [-0.2, -0.15) is 0 Å². The van der Waals surface area contributed by atoms with Gasteiger partial charge in [0.2, 0.25) is 0 Å². The molecule has 4 nitrogen and oxygen atoms in total. The zero-order valence-electron chi connectivity index (χ0n) is 15.9. The number of allylic oxidation sites excluding steroid dienone is 1. The van der Waals surface area contributed by atoms with Crippen LogP contribution in [0.1, 0.15) is 51.9 Å². The van der Waals surface area contributed by atoms with Crippen LogP contribution in [0, 0.1) is 29.1 Å². The summed E-state index contributed by atoms with van der Waals surface area (Å²) in [6.07, 6.45) is 6.99. The Kier molecular flexibility index (Phi) is 6.25. The maximum Gasteiger partial charge on any atom is 0.0593 e. The highest BCUT2D eigenvalue weighted by molar-refractivity contribution is 5.15. The standard InChI is InChI=1S/C21H37NO3/c1-15-3-4-19-17(14-24)20(25)5-9-21(19,2)18(15)8-12-22-10-6-16(13-23)7-11-22/h16-20,23-25H,1,3-14H2,2H3/t17?,18-,19?,20-,21+/m1/s1. The van der Waals surface area contributed by atoms with E-state index in [1.165, 1.54) is 5.57 Å². The van der Waals surface area contributed by atoms with Gasteiger partial charge in [-0.1, -0.05) is 19.1 Å². The Morgan fingerprint density at radius 3 is 2.48 bits per heavy atom. The molecular formula is C21H37NO3. The molecule has 3 N–H and O–H groups in total. The van der Waals surface area contributed by atoms with Crippen molar-refractivity contribution in [2.24, 2.45) is 29.1 Å². The normalized spacial score (nSPS) is 40.9. The van der Waals surface area contributed by atoms with E-state index in [1.807, 2.05) is 0 Å². The molecule has 5 atom stereocenters. The van der Waals surface area contributed by atoms with Crippen molar-refractivity contribution < 1.29 is 15.3 Å². The summed E-state index contributed by atoms with van der Waals surface area (Å²) in [4.78, 5) is 2.55. The number of likely N-dealkylation sites (tertiary alicyclic amines) is 1. The Balaban J connectivity index is 1.64. The molecule has 3 fully saturated rings. The van der Waals surface area contributed by atoms with Crippen LogP contribution >= 0.6 is 0 Å². The van der Waals surface area contributed by atoms with Crippen LogP contribution in [0.3, 0.4) is 0 Å². The highest BCUT2D eigenvalue weighted by atomic mass is 16.3. The van der Waals surface area contributed by atoms with Crippen molar-refractivity contribution in [3.05, 3.63) is 12.2 Å². The second kappa shape index (κ2) is 8.08. The summed E-state index contributed by atoms with van der Waals surface area (Å²) >= 11 is 0. The number of fused-ring (bicyclic) bond motifs is 1. The van der Waals surface area contributed by atoms with Gasteiger partial charge < -0.3 is 20.2 Å². The molecule has 2 aliphatic carbocycles. The first-order valence-corrected chi connectivity index (χ1v) is 10.3. The van der Waals surface area contributed by atoms with E-state index >= 15 is 0 Å². The molecular weight excluding hydrogens is 314 g/mol. The number of rotatable bonds is 5. The van der Waals surface area contributed by atoms with Gasteiger partial charge in [-0.05, 0) is 87.7 Å². The molecule has 3 aliphatic rings. The highest BCUT2D eigenvalue weighted by Crippen LogP contribution is 2.57. The molecule has 1 saturated heterocycles. The van der Waals surface area contributed by atoms with Gasteiger partial charge in [0, 0.05) is 19.1 Å². The third kappa shape index (κ3) is 3.83. The molecule has 2 saturated carbocycles. The molecule has 3 rings (SSSR count). The van der Waals surface area contributed by atoms with Crippen LogP contribution in [0.25, 0.3) is 0 Å². The number of nitrogens with zero attached hydrogens (tertiary/aromatic N) is 1. The summed E-state index contributed by atoms with van der Waals surface area (Å²) in [7, 11) is 0. The number of aliphatic hydroxyl groups is 3. The number of hydrogen-bond donors (Lipinski definition) is 3. The summed E-state index contributed by atoms with van der Waals surface area (Å²) in [5.41, 5.74) is 1.56. The van der Waals surface area contributed by atoms with E-state index in [2.05, 4.69) is 18.4 Å². The first-order chi connectivity index (χ1) is 12.0.